The Morgan fingerprint density at radius 2 is 1.97 bits per heavy atom. The predicted octanol–water partition coefficient (Wildman–Crippen LogP) is 3.16. The van der Waals surface area contributed by atoms with Crippen LogP contribution in [0, 0.1) is 11.3 Å². The number of aromatic nitrogens is 3. The van der Waals surface area contributed by atoms with Crippen molar-refractivity contribution in [3.8, 4) is 6.07 Å². The third-order valence-corrected chi connectivity index (χ3v) is 5.48. The number of amides is 1. The van der Waals surface area contributed by atoms with Gasteiger partial charge in [0, 0.05) is 30.6 Å². The van der Waals surface area contributed by atoms with Crippen molar-refractivity contribution in [2.75, 3.05) is 17.3 Å². The molecular formula is C24H23N6O+. The van der Waals surface area contributed by atoms with E-state index in [0.29, 0.717) is 23.5 Å². The van der Waals surface area contributed by atoms with Gasteiger partial charge in [0.1, 0.15) is 12.4 Å². The van der Waals surface area contributed by atoms with Gasteiger partial charge in [0.05, 0.1) is 25.7 Å². The molecule has 0 spiro atoms. The van der Waals surface area contributed by atoms with E-state index in [2.05, 4.69) is 25.5 Å². The van der Waals surface area contributed by atoms with Gasteiger partial charge in [-0.1, -0.05) is 6.07 Å². The summed E-state index contributed by atoms with van der Waals surface area (Å²) in [6.45, 7) is 0.602. The summed E-state index contributed by atoms with van der Waals surface area (Å²) in [5, 5.41) is 12.3. The average molecular weight is 411 g/mol. The van der Waals surface area contributed by atoms with Crippen molar-refractivity contribution < 1.29 is 9.36 Å². The van der Waals surface area contributed by atoms with Crippen molar-refractivity contribution in [3.63, 3.8) is 0 Å². The monoisotopic (exact) mass is 411 g/mol. The number of anilines is 2. The molecule has 0 aliphatic heterocycles. The number of nitrogens with one attached hydrogen (secondary N) is 1. The van der Waals surface area contributed by atoms with Crippen LogP contribution in [0.2, 0.25) is 0 Å². The zero-order valence-electron chi connectivity index (χ0n) is 17.7. The Kier molecular flexibility index (Phi) is 5.37. The number of fused-ring (bicyclic) bond motifs is 1. The van der Waals surface area contributed by atoms with Gasteiger partial charge in [0.2, 0.25) is 0 Å². The quantitative estimate of drug-likeness (QED) is 0.512. The number of nitriles is 1. The molecule has 0 unspecified atom stereocenters. The second kappa shape index (κ2) is 8.28. The fourth-order valence-electron chi connectivity index (χ4n) is 3.64. The highest BCUT2D eigenvalue weighted by Crippen LogP contribution is 2.19. The normalized spacial score (nSPS) is 10.6. The van der Waals surface area contributed by atoms with E-state index in [9.17, 15) is 4.79 Å². The molecule has 31 heavy (non-hydrogen) atoms. The fraction of sp³-hybridized carbons (Fsp3) is 0.167. The molecule has 2 heterocycles. The van der Waals surface area contributed by atoms with E-state index >= 15 is 0 Å². The summed E-state index contributed by atoms with van der Waals surface area (Å²) in [6.07, 6.45) is 1.67. The summed E-state index contributed by atoms with van der Waals surface area (Å²) < 4.78 is 4.20. The minimum absolute atomic E-state index is 0.110. The van der Waals surface area contributed by atoms with E-state index < -0.39 is 0 Å². The maximum absolute atomic E-state index is 13.0. The van der Waals surface area contributed by atoms with Gasteiger partial charge in [-0.2, -0.15) is 5.26 Å². The van der Waals surface area contributed by atoms with E-state index in [1.165, 1.54) is 0 Å². The lowest BCUT2D eigenvalue weighted by molar-refractivity contribution is -0.653. The van der Waals surface area contributed by atoms with Crippen LogP contribution in [0.4, 0.5) is 11.5 Å². The Hall–Kier alpha value is -4.18. The SMILES string of the molecule is CN(C(=O)c1ccc2c(c1)n(C)c(CNc1ccc(C#N)cc1)[n+]2C)c1ccccn1. The number of nitrogens with zero attached hydrogens (tertiary/aromatic N) is 5. The van der Waals surface area contributed by atoms with Crippen LogP contribution in [0.1, 0.15) is 21.7 Å². The molecule has 0 aliphatic rings. The number of pyridine rings is 1. The third-order valence-electron chi connectivity index (χ3n) is 5.48. The first-order chi connectivity index (χ1) is 15.0. The first kappa shape index (κ1) is 20.1. The van der Waals surface area contributed by atoms with E-state index in [-0.39, 0.29) is 5.91 Å². The predicted molar refractivity (Wildman–Crippen MR) is 120 cm³/mol. The summed E-state index contributed by atoms with van der Waals surface area (Å²) in [5.41, 5.74) is 4.19. The summed E-state index contributed by atoms with van der Waals surface area (Å²) in [6, 6.07) is 20.7. The minimum Gasteiger partial charge on any atom is -0.374 e. The zero-order chi connectivity index (χ0) is 22.0. The number of hydrogen-bond donors (Lipinski definition) is 1. The topological polar surface area (TPSA) is 77.8 Å². The maximum atomic E-state index is 13.0. The molecule has 154 valence electrons. The molecule has 0 fully saturated rings. The van der Waals surface area contributed by atoms with Gasteiger partial charge < -0.3 is 5.32 Å². The Balaban J connectivity index is 1.60. The average Bonchev–Trinajstić information content (AvgIpc) is 3.06. The summed E-state index contributed by atoms with van der Waals surface area (Å²) in [4.78, 5) is 18.8. The van der Waals surface area contributed by atoms with Crippen molar-refractivity contribution in [1.29, 1.82) is 5.26 Å². The Labute approximate surface area is 180 Å². The van der Waals surface area contributed by atoms with Gasteiger partial charge in [-0.3, -0.25) is 9.69 Å². The Bertz CT molecular complexity index is 1290. The second-order valence-corrected chi connectivity index (χ2v) is 7.33. The van der Waals surface area contributed by atoms with Gasteiger partial charge in [-0.15, -0.1) is 0 Å². The largest absolute Gasteiger partial charge is 0.374 e. The number of benzene rings is 2. The highest BCUT2D eigenvalue weighted by molar-refractivity contribution is 6.06. The lowest BCUT2D eigenvalue weighted by Crippen LogP contribution is -2.34. The smallest absolute Gasteiger partial charge is 0.276 e. The first-order valence-electron chi connectivity index (χ1n) is 9.90. The van der Waals surface area contributed by atoms with E-state index in [1.54, 1.807) is 30.3 Å². The van der Waals surface area contributed by atoms with Gasteiger partial charge >= 0.3 is 0 Å². The highest BCUT2D eigenvalue weighted by Gasteiger charge is 2.22. The van der Waals surface area contributed by atoms with E-state index in [0.717, 1.165) is 22.5 Å². The van der Waals surface area contributed by atoms with Crippen LogP contribution in [0.15, 0.2) is 66.9 Å². The summed E-state index contributed by atoms with van der Waals surface area (Å²) in [5.74, 6) is 1.56. The summed E-state index contributed by atoms with van der Waals surface area (Å²) in [7, 11) is 5.74. The molecule has 4 rings (SSSR count). The second-order valence-electron chi connectivity index (χ2n) is 7.33. The molecule has 0 saturated heterocycles. The van der Waals surface area contributed by atoms with Crippen molar-refractivity contribution in [2.45, 2.75) is 6.54 Å². The molecule has 1 N–H and O–H groups in total. The van der Waals surface area contributed by atoms with Crippen molar-refractivity contribution >= 4 is 28.4 Å². The Morgan fingerprint density at radius 3 is 2.65 bits per heavy atom. The summed E-state index contributed by atoms with van der Waals surface area (Å²) >= 11 is 0. The molecular weight excluding hydrogens is 388 g/mol. The number of rotatable bonds is 5. The van der Waals surface area contributed by atoms with Crippen molar-refractivity contribution in [2.24, 2.45) is 14.1 Å². The first-order valence-corrected chi connectivity index (χ1v) is 9.90. The molecule has 2 aromatic heterocycles. The molecule has 0 saturated carbocycles. The van der Waals surface area contributed by atoms with E-state index in [4.69, 9.17) is 5.26 Å². The van der Waals surface area contributed by atoms with Crippen LogP contribution in [0.5, 0.6) is 0 Å². The third kappa shape index (κ3) is 3.83. The minimum atomic E-state index is -0.110. The Morgan fingerprint density at radius 1 is 1.19 bits per heavy atom. The number of hydrogen-bond acceptors (Lipinski definition) is 4. The van der Waals surface area contributed by atoms with Crippen molar-refractivity contribution in [3.05, 3.63) is 83.8 Å². The van der Waals surface area contributed by atoms with Gasteiger partial charge in [-0.25, -0.2) is 14.1 Å². The molecule has 1 amide bonds. The molecule has 4 aromatic rings. The van der Waals surface area contributed by atoms with Crippen molar-refractivity contribution in [1.82, 2.24) is 9.55 Å². The number of aryl methyl sites for hydroxylation is 2. The maximum Gasteiger partial charge on any atom is 0.276 e. The number of carbonyl (C=O) groups is 1. The highest BCUT2D eigenvalue weighted by atomic mass is 16.2. The molecule has 0 atom stereocenters. The van der Waals surface area contributed by atoms with Crippen LogP contribution in [-0.4, -0.2) is 22.5 Å². The molecule has 7 heteroatoms. The molecule has 0 radical (unpaired) electrons. The zero-order valence-corrected chi connectivity index (χ0v) is 17.7. The molecule has 7 nitrogen and oxygen atoms in total. The van der Waals surface area contributed by atoms with Gasteiger partial charge in [0.25, 0.3) is 11.7 Å². The fourth-order valence-corrected chi connectivity index (χ4v) is 3.64. The molecule has 2 aromatic carbocycles. The van der Waals surface area contributed by atoms with Crippen LogP contribution < -0.4 is 14.8 Å². The van der Waals surface area contributed by atoms with E-state index in [1.807, 2.05) is 62.6 Å². The molecule has 0 bridgehead atoms. The van der Waals surface area contributed by atoms with Crippen LogP contribution in [0.25, 0.3) is 11.0 Å². The van der Waals surface area contributed by atoms with Gasteiger partial charge in [0.15, 0.2) is 11.0 Å². The van der Waals surface area contributed by atoms with Crippen LogP contribution in [-0.2, 0) is 20.6 Å². The standard InChI is InChI=1S/C24H23N6O/c1-28-20-12-9-18(24(31)30(3)22-6-4-5-13-26-22)14-21(20)29(2)23(28)16-27-19-10-7-17(15-25)8-11-19/h4-14,27H,16H2,1-3H3/q+1. The van der Waals surface area contributed by atoms with Gasteiger partial charge in [-0.05, 0) is 48.5 Å². The number of imidazole rings is 1. The van der Waals surface area contributed by atoms with Crippen LogP contribution in [0.3, 0.4) is 0 Å². The lowest BCUT2D eigenvalue weighted by Gasteiger charge is -2.15. The van der Waals surface area contributed by atoms with Crippen LogP contribution >= 0.6 is 0 Å². The molecule has 0 aliphatic carbocycles. The lowest BCUT2D eigenvalue weighted by atomic mass is 10.1. The number of carbonyl (C=O) groups excluding carboxylic acids is 1.